The number of hydrogen-bond donors (Lipinski definition) is 1. The zero-order valence-electron chi connectivity index (χ0n) is 13.8. The fraction of sp³-hybridized carbons (Fsp3) is 0.444. The summed E-state index contributed by atoms with van der Waals surface area (Å²) >= 11 is 5.89. The van der Waals surface area contributed by atoms with Gasteiger partial charge in [0.05, 0.1) is 6.20 Å². The molecule has 0 bridgehead atoms. The number of halogens is 1. The van der Waals surface area contributed by atoms with Gasteiger partial charge in [-0.25, -0.2) is 4.98 Å². The van der Waals surface area contributed by atoms with Crippen LogP contribution in [0.3, 0.4) is 0 Å². The predicted octanol–water partition coefficient (Wildman–Crippen LogP) is 3.14. The molecule has 0 spiro atoms. The van der Waals surface area contributed by atoms with Crippen molar-refractivity contribution >= 4 is 17.5 Å². The minimum absolute atomic E-state index is 0.180. The highest BCUT2D eigenvalue weighted by atomic mass is 35.5. The van der Waals surface area contributed by atoms with Gasteiger partial charge in [0.15, 0.2) is 11.7 Å². The van der Waals surface area contributed by atoms with Gasteiger partial charge in [-0.2, -0.15) is 0 Å². The third-order valence-electron chi connectivity index (χ3n) is 4.37. The summed E-state index contributed by atoms with van der Waals surface area (Å²) in [6.45, 7) is 1.71. The van der Waals surface area contributed by atoms with Crippen molar-refractivity contribution in [1.29, 1.82) is 0 Å². The minimum atomic E-state index is 0.180. The first kappa shape index (κ1) is 17.0. The number of aryl methyl sites for hydroxylation is 1. The average Bonchev–Trinajstić information content (AvgIpc) is 3.23. The van der Waals surface area contributed by atoms with Crippen molar-refractivity contribution in [3.05, 3.63) is 41.4 Å². The molecule has 2 heterocycles. The van der Waals surface area contributed by atoms with Crippen molar-refractivity contribution in [3.8, 4) is 11.3 Å². The normalized spacial score (nSPS) is 17.4. The number of rotatable bonds is 6. The molecule has 2 aromatic rings. The molecule has 1 aliphatic rings. The second-order valence-corrected chi connectivity index (χ2v) is 6.50. The van der Waals surface area contributed by atoms with E-state index in [4.69, 9.17) is 16.0 Å². The lowest BCUT2D eigenvalue weighted by molar-refractivity contribution is -0.131. The Bertz CT molecular complexity index is 684. The Balaban J connectivity index is 1.57. The Labute approximate surface area is 147 Å². The molecular formula is C18H22ClN3O2. The van der Waals surface area contributed by atoms with Crippen LogP contribution in [0, 0.1) is 0 Å². The smallest absolute Gasteiger partial charge is 0.223 e. The number of oxazole rings is 1. The van der Waals surface area contributed by atoms with Gasteiger partial charge < -0.3 is 14.6 Å². The van der Waals surface area contributed by atoms with Gasteiger partial charge in [0, 0.05) is 42.6 Å². The van der Waals surface area contributed by atoms with E-state index in [9.17, 15) is 4.79 Å². The summed E-state index contributed by atoms with van der Waals surface area (Å²) in [7, 11) is 1.92. The topological polar surface area (TPSA) is 58.4 Å². The summed E-state index contributed by atoms with van der Waals surface area (Å²) < 4.78 is 5.76. The molecule has 128 valence electrons. The van der Waals surface area contributed by atoms with E-state index in [1.807, 2.05) is 36.2 Å². The highest BCUT2D eigenvalue weighted by Crippen LogP contribution is 2.23. The second kappa shape index (κ2) is 7.81. The van der Waals surface area contributed by atoms with Crippen molar-refractivity contribution < 1.29 is 9.21 Å². The first-order chi connectivity index (χ1) is 11.7. The van der Waals surface area contributed by atoms with Crippen LogP contribution >= 0.6 is 11.6 Å². The van der Waals surface area contributed by atoms with Crippen molar-refractivity contribution in [1.82, 2.24) is 15.2 Å². The molecule has 1 fully saturated rings. The van der Waals surface area contributed by atoms with Crippen molar-refractivity contribution in [2.75, 3.05) is 20.1 Å². The molecule has 0 radical (unpaired) electrons. The zero-order chi connectivity index (χ0) is 16.9. The largest absolute Gasteiger partial charge is 0.441 e. The standard InChI is InChI=1S/C18H22ClN3O2/c1-20-11-15-3-2-10-22(15)18(23)9-8-17-21-12-16(24-17)13-4-6-14(19)7-5-13/h4-7,12,15,20H,2-3,8-11H2,1H3. The first-order valence-electron chi connectivity index (χ1n) is 8.32. The van der Waals surface area contributed by atoms with Gasteiger partial charge in [0.2, 0.25) is 5.91 Å². The third-order valence-corrected chi connectivity index (χ3v) is 4.62. The monoisotopic (exact) mass is 347 g/mol. The number of carbonyl (C=O) groups excluding carboxylic acids is 1. The second-order valence-electron chi connectivity index (χ2n) is 6.07. The first-order valence-corrected chi connectivity index (χ1v) is 8.70. The van der Waals surface area contributed by atoms with E-state index in [1.54, 1.807) is 6.20 Å². The summed E-state index contributed by atoms with van der Waals surface area (Å²) in [5.41, 5.74) is 0.929. The molecule has 6 heteroatoms. The van der Waals surface area contributed by atoms with E-state index in [0.29, 0.717) is 35.6 Å². The average molecular weight is 348 g/mol. The molecule has 0 saturated carbocycles. The van der Waals surface area contributed by atoms with Crippen molar-refractivity contribution in [3.63, 3.8) is 0 Å². The molecule has 1 aliphatic heterocycles. The van der Waals surface area contributed by atoms with E-state index in [0.717, 1.165) is 31.5 Å². The molecule has 1 N–H and O–H groups in total. The molecule has 1 saturated heterocycles. The Hall–Kier alpha value is -1.85. The maximum Gasteiger partial charge on any atom is 0.223 e. The van der Waals surface area contributed by atoms with Gasteiger partial charge in [-0.3, -0.25) is 4.79 Å². The van der Waals surface area contributed by atoms with E-state index in [2.05, 4.69) is 10.3 Å². The Morgan fingerprint density at radius 3 is 2.96 bits per heavy atom. The highest BCUT2D eigenvalue weighted by Gasteiger charge is 2.27. The van der Waals surface area contributed by atoms with Gasteiger partial charge in [0.25, 0.3) is 0 Å². The molecule has 1 atom stereocenters. The Morgan fingerprint density at radius 1 is 1.42 bits per heavy atom. The van der Waals surface area contributed by atoms with Crippen LogP contribution in [0.4, 0.5) is 0 Å². The van der Waals surface area contributed by atoms with Crippen LogP contribution in [0.15, 0.2) is 34.9 Å². The highest BCUT2D eigenvalue weighted by molar-refractivity contribution is 6.30. The van der Waals surface area contributed by atoms with Crippen molar-refractivity contribution in [2.24, 2.45) is 0 Å². The lowest BCUT2D eigenvalue weighted by Gasteiger charge is -2.24. The molecule has 1 unspecified atom stereocenters. The van der Waals surface area contributed by atoms with Crippen LogP contribution in [-0.2, 0) is 11.2 Å². The molecule has 24 heavy (non-hydrogen) atoms. The van der Waals surface area contributed by atoms with Gasteiger partial charge in [0.1, 0.15) is 0 Å². The lowest BCUT2D eigenvalue weighted by Crippen LogP contribution is -2.40. The molecule has 1 aromatic carbocycles. The number of hydrogen-bond acceptors (Lipinski definition) is 4. The predicted molar refractivity (Wildman–Crippen MR) is 93.9 cm³/mol. The summed E-state index contributed by atoms with van der Waals surface area (Å²) in [6, 6.07) is 7.74. The van der Waals surface area contributed by atoms with Crippen LogP contribution in [-0.4, -0.2) is 42.0 Å². The van der Waals surface area contributed by atoms with Gasteiger partial charge in [-0.05, 0) is 44.2 Å². The van der Waals surface area contributed by atoms with Crippen LogP contribution in [0.5, 0.6) is 0 Å². The van der Waals surface area contributed by atoms with E-state index in [-0.39, 0.29) is 5.91 Å². The number of nitrogens with one attached hydrogen (secondary N) is 1. The maximum atomic E-state index is 12.4. The Kier molecular flexibility index (Phi) is 5.53. The number of likely N-dealkylation sites (tertiary alicyclic amines) is 1. The molecule has 1 aromatic heterocycles. The van der Waals surface area contributed by atoms with E-state index >= 15 is 0 Å². The summed E-state index contributed by atoms with van der Waals surface area (Å²) in [5.74, 6) is 1.47. The number of likely N-dealkylation sites (N-methyl/N-ethyl adjacent to an activating group) is 1. The summed E-state index contributed by atoms with van der Waals surface area (Å²) in [6.07, 6.45) is 4.81. The Morgan fingerprint density at radius 2 is 2.21 bits per heavy atom. The quantitative estimate of drug-likeness (QED) is 0.872. The fourth-order valence-electron chi connectivity index (χ4n) is 3.14. The lowest BCUT2D eigenvalue weighted by atomic mass is 10.2. The summed E-state index contributed by atoms with van der Waals surface area (Å²) in [4.78, 5) is 18.7. The number of benzene rings is 1. The van der Waals surface area contributed by atoms with E-state index < -0.39 is 0 Å². The van der Waals surface area contributed by atoms with Crippen LogP contribution < -0.4 is 5.32 Å². The minimum Gasteiger partial charge on any atom is -0.441 e. The van der Waals surface area contributed by atoms with Gasteiger partial charge in [-0.15, -0.1) is 0 Å². The third kappa shape index (κ3) is 3.97. The SMILES string of the molecule is CNCC1CCCN1C(=O)CCc1ncc(-c2ccc(Cl)cc2)o1. The number of carbonyl (C=O) groups is 1. The van der Waals surface area contributed by atoms with Crippen molar-refractivity contribution in [2.45, 2.75) is 31.7 Å². The molecule has 3 rings (SSSR count). The number of aromatic nitrogens is 1. The van der Waals surface area contributed by atoms with Crippen LogP contribution in [0.2, 0.25) is 5.02 Å². The number of amides is 1. The number of nitrogens with zero attached hydrogens (tertiary/aromatic N) is 2. The maximum absolute atomic E-state index is 12.4. The fourth-order valence-corrected chi connectivity index (χ4v) is 3.27. The molecule has 0 aliphatic carbocycles. The van der Waals surface area contributed by atoms with Crippen LogP contribution in [0.1, 0.15) is 25.2 Å². The van der Waals surface area contributed by atoms with Gasteiger partial charge in [-0.1, -0.05) is 11.6 Å². The van der Waals surface area contributed by atoms with Gasteiger partial charge >= 0.3 is 0 Å². The molecule has 1 amide bonds. The zero-order valence-corrected chi connectivity index (χ0v) is 14.6. The van der Waals surface area contributed by atoms with Crippen LogP contribution in [0.25, 0.3) is 11.3 Å². The molecule has 5 nitrogen and oxygen atoms in total. The molecular weight excluding hydrogens is 326 g/mol. The van der Waals surface area contributed by atoms with E-state index in [1.165, 1.54) is 0 Å². The summed E-state index contributed by atoms with van der Waals surface area (Å²) in [5, 5.41) is 3.85.